The smallest absolute Gasteiger partial charge is 0.264 e. The molecule has 1 aromatic heterocycles. The molecule has 6 nitrogen and oxygen atoms in total. The largest absolute Gasteiger partial charge is 0.347 e. The number of fused-ring (bicyclic) bond motifs is 3. The minimum atomic E-state index is -0.245. The fourth-order valence-electron chi connectivity index (χ4n) is 4.96. The third-order valence-corrected chi connectivity index (χ3v) is 8.13. The number of piperazine rings is 1. The Morgan fingerprint density at radius 2 is 1.69 bits per heavy atom. The van der Waals surface area contributed by atoms with Gasteiger partial charge in [0.2, 0.25) is 0 Å². The maximum atomic E-state index is 13.2. The second-order valence-electron chi connectivity index (χ2n) is 9.48. The van der Waals surface area contributed by atoms with Crippen LogP contribution in [-0.4, -0.2) is 68.5 Å². The summed E-state index contributed by atoms with van der Waals surface area (Å²) in [5.74, 6) is 0.137. The van der Waals surface area contributed by atoms with Crippen molar-refractivity contribution in [1.29, 1.82) is 0 Å². The fourth-order valence-corrected chi connectivity index (χ4v) is 5.99. The van der Waals surface area contributed by atoms with E-state index < -0.39 is 0 Å². The summed E-state index contributed by atoms with van der Waals surface area (Å²) in [6.07, 6.45) is 1.69. The molecule has 6 rings (SSSR count). The lowest BCUT2D eigenvalue weighted by Crippen LogP contribution is -2.46. The number of nitrogens with zero attached hydrogens (tertiary/aromatic N) is 4. The average molecular weight is 496 g/mol. The molecule has 1 saturated heterocycles. The highest BCUT2D eigenvalue weighted by Crippen LogP contribution is 2.38. The van der Waals surface area contributed by atoms with Gasteiger partial charge in [0.25, 0.3) is 5.91 Å². The summed E-state index contributed by atoms with van der Waals surface area (Å²) >= 11 is 1.58. The van der Waals surface area contributed by atoms with Gasteiger partial charge in [0.1, 0.15) is 0 Å². The van der Waals surface area contributed by atoms with Crippen LogP contribution in [0.1, 0.15) is 15.2 Å². The maximum Gasteiger partial charge on any atom is 0.264 e. The summed E-state index contributed by atoms with van der Waals surface area (Å²) in [5.41, 5.74) is 5.53. The van der Waals surface area contributed by atoms with Gasteiger partial charge >= 0.3 is 0 Å². The van der Waals surface area contributed by atoms with Crippen molar-refractivity contribution >= 4 is 44.9 Å². The van der Waals surface area contributed by atoms with Crippen molar-refractivity contribution in [3.63, 3.8) is 0 Å². The Labute approximate surface area is 215 Å². The van der Waals surface area contributed by atoms with E-state index in [2.05, 4.69) is 95.9 Å². The number of thiophene rings is 1. The minimum Gasteiger partial charge on any atom is -0.347 e. The molecule has 0 spiro atoms. The molecule has 1 fully saturated rings. The number of likely N-dealkylation sites (N-methyl/N-ethyl adjacent to an activating group) is 1. The molecule has 2 aliphatic heterocycles. The van der Waals surface area contributed by atoms with Crippen molar-refractivity contribution in [2.24, 2.45) is 4.99 Å². The summed E-state index contributed by atoms with van der Waals surface area (Å²) in [5, 5.41) is 4.69. The van der Waals surface area contributed by atoms with E-state index in [0.717, 1.165) is 63.6 Å². The Kier molecular flexibility index (Phi) is 5.95. The molecule has 1 N–H and O–H groups in total. The van der Waals surface area contributed by atoms with Crippen LogP contribution in [0.15, 0.2) is 77.8 Å². The molecule has 0 radical (unpaired) electrons. The predicted octanol–water partition coefficient (Wildman–Crippen LogP) is 5.22. The van der Waals surface area contributed by atoms with E-state index in [1.165, 1.54) is 5.56 Å². The van der Waals surface area contributed by atoms with Crippen molar-refractivity contribution in [3.05, 3.63) is 83.2 Å². The summed E-state index contributed by atoms with van der Waals surface area (Å²) in [6, 6.07) is 25.1. The van der Waals surface area contributed by atoms with Crippen molar-refractivity contribution in [1.82, 2.24) is 9.80 Å². The van der Waals surface area contributed by atoms with Crippen LogP contribution in [0.2, 0.25) is 0 Å². The molecule has 1 atom stereocenters. The molecule has 3 heterocycles. The van der Waals surface area contributed by atoms with E-state index >= 15 is 0 Å². The molecule has 0 bridgehead atoms. The van der Waals surface area contributed by atoms with Gasteiger partial charge in [-0.3, -0.25) is 4.79 Å². The first kappa shape index (κ1) is 22.8. The summed E-state index contributed by atoms with van der Waals surface area (Å²) in [6.45, 7) is 3.40. The number of hydrogen-bond donors (Lipinski definition) is 1. The van der Waals surface area contributed by atoms with E-state index in [9.17, 15) is 4.79 Å². The van der Waals surface area contributed by atoms with E-state index in [4.69, 9.17) is 4.99 Å². The Morgan fingerprint density at radius 1 is 0.917 bits per heavy atom. The van der Waals surface area contributed by atoms with Gasteiger partial charge in [0, 0.05) is 60.8 Å². The summed E-state index contributed by atoms with van der Waals surface area (Å²) in [7, 11) is 4.17. The fraction of sp³-hybridized carbons (Fsp3) is 0.241. The molecule has 4 aromatic rings. The van der Waals surface area contributed by atoms with Crippen LogP contribution in [0.5, 0.6) is 0 Å². The van der Waals surface area contributed by atoms with Crippen LogP contribution in [0.4, 0.5) is 11.4 Å². The predicted molar refractivity (Wildman–Crippen MR) is 151 cm³/mol. The van der Waals surface area contributed by atoms with E-state index in [1.807, 2.05) is 17.2 Å². The topological polar surface area (TPSA) is 51.2 Å². The zero-order valence-corrected chi connectivity index (χ0v) is 21.3. The zero-order chi connectivity index (χ0) is 24.6. The number of nitrogens with one attached hydrogen (secondary N) is 1. The van der Waals surface area contributed by atoms with Gasteiger partial charge in [-0.15, -0.1) is 11.3 Å². The monoisotopic (exact) mass is 495 g/mol. The lowest BCUT2D eigenvalue weighted by molar-refractivity contribution is 0.0669. The molecule has 3 aromatic carbocycles. The normalized spacial score (nSPS) is 17.9. The van der Waals surface area contributed by atoms with E-state index in [0.29, 0.717) is 0 Å². The number of carbonyl (C=O) groups excluding carboxylic acids is 1. The van der Waals surface area contributed by atoms with E-state index in [1.54, 1.807) is 11.3 Å². The lowest BCUT2D eigenvalue weighted by Gasteiger charge is -2.33. The Morgan fingerprint density at radius 3 is 2.50 bits per heavy atom. The van der Waals surface area contributed by atoms with Gasteiger partial charge in [-0.1, -0.05) is 42.5 Å². The molecule has 0 aliphatic carbocycles. The second kappa shape index (κ2) is 9.41. The molecule has 0 saturated carbocycles. The van der Waals surface area contributed by atoms with E-state index in [-0.39, 0.29) is 12.2 Å². The molecule has 1 unspecified atom stereocenters. The quantitative estimate of drug-likeness (QED) is 0.422. The first-order valence-electron chi connectivity index (χ1n) is 12.3. The van der Waals surface area contributed by atoms with Crippen molar-refractivity contribution in [3.8, 4) is 11.1 Å². The third-order valence-electron chi connectivity index (χ3n) is 7.04. The number of hydrogen-bond acceptors (Lipinski definition) is 6. The number of amides is 1. The molecule has 1 amide bonds. The second-order valence-corrected chi connectivity index (χ2v) is 10.6. The van der Waals surface area contributed by atoms with Gasteiger partial charge in [-0.05, 0) is 48.5 Å². The van der Waals surface area contributed by atoms with Crippen LogP contribution in [0, 0.1) is 0 Å². The highest BCUT2D eigenvalue weighted by Gasteiger charge is 2.26. The molecule has 7 heteroatoms. The average Bonchev–Trinajstić information content (AvgIpc) is 3.35. The lowest BCUT2D eigenvalue weighted by atomic mass is 10.1. The van der Waals surface area contributed by atoms with Gasteiger partial charge < -0.3 is 20.0 Å². The molecule has 2 aliphatic rings. The van der Waals surface area contributed by atoms with Gasteiger partial charge in [0.15, 0.2) is 6.29 Å². The summed E-state index contributed by atoms with van der Waals surface area (Å²) < 4.78 is 1.12. The third kappa shape index (κ3) is 4.25. The van der Waals surface area contributed by atoms with Crippen LogP contribution in [0.25, 0.3) is 21.2 Å². The van der Waals surface area contributed by atoms with Gasteiger partial charge in [-0.2, -0.15) is 0 Å². The highest BCUT2D eigenvalue weighted by molar-refractivity contribution is 7.20. The SMILES string of the molecule is CN1CCN(C(=O)c2cc3c4c(ccc3s2)C=NC(Nc2cccc(-c3ccccc3)c2)N4C)CC1. The van der Waals surface area contributed by atoms with Gasteiger partial charge in [-0.25, -0.2) is 4.99 Å². The van der Waals surface area contributed by atoms with Crippen molar-refractivity contribution < 1.29 is 4.79 Å². The molecule has 36 heavy (non-hydrogen) atoms. The van der Waals surface area contributed by atoms with Crippen LogP contribution in [-0.2, 0) is 0 Å². The van der Waals surface area contributed by atoms with Crippen molar-refractivity contribution in [2.45, 2.75) is 6.29 Å². The van der Waals surface area contributed by atoms with Crippen LogP contribution < -0.4 is 10.2 Å². The Balaban J connectivity index is 1.27. The zero-order valence-electron chi connectivity index (χ0n) is 20.5. The molecular formula is C29H29N5OS. The Bertz CT molecular complexity index is 1440. The maximum absolute atomic E-state index is 13.2. The Hall–Kier alpha value is -3.68. The molecule has 182 valence electrons. The van der Waals surface area contributed by atoms with Crippen LogP contribution >= 0.6 is 11.3 Å². The van der Waals surface area contributed by atoms with Crippen molar-refractivity contribution in [2.75, 3.05) is 50.5 Å². The molecular weight excluding hydrogens is 466 g/mol. The number of rotatable bonds is 4. The standard InChI is InChI=1S/C29H29N5OS/c1-32-13-15-34(16-14-32)28(35)26-18-24-25(36-26)12-11-22-19-30-29(33(2)27(22)24)31-23-10-6-9-21(17-23)20-7-4-3-5-8-20/h3-12,17-19,29,31H,13-16H2,1-2H3. The number of aliphatic imine (C=N–C) groups is 1. The van der Waals surface area contributed by atoms with Crippen LogP contribution in [0.3, 0.4) is 0 Å². The van der Waals surface area contributed by atoms with Gasteiger partial charge in [0.05, 0.1) is 10.6 Å². The first-order valence-corrected chi connectivity index (χ1v) is 13.1. The highest BCUT2D eigenvalue weighted by atomic mass is 32.1. The minimum absolute atomic E-state index is 0.137. The number of anilines is 2. The number of benzene rings is 3. The number of carbonyl (C=O) groups is 1. The first-order chi connectivity index (χ1) is 17.6. The summed E-state index contributed by atoms with van der Waals surface area (Å²) in [4.78, 5) is 25.3.